The average molecular weight is 155 g/mol. The van der Waals surface area contributed by atoms with Crippen molar-refractivity contribution in [2.24, 2.45) is 5.73 Å². The number of hydrogen-bond donors (Lipinski definition) is 1. The fraction of sp³-hybridized carbons (Fsp3) is 0.500. The van der Waals surface area contributed by atoms with Crippen molar-refractivity contribution in [2.75, 3.05) is 0 Å². The average Bonchev–Trinajstić information content (AvgIpc) is 2.37. The van der Waals surface area contributed by atoms with Crippen molar-refractivity contribution < 1.29 is 9.32 Å². The minimum atomic E-state index is -0.681. The number of primary amides is 1. The predicted molar refractivity (Wildman–Crippen MR) is 36.8 cm³/mol. The van der Waals surface area contributed by atoms with E-state index in [2.05, 4.69) is 14.7 Å². The van der Waals surface area contributed by atoms with E-state index in [-0.39, 0.29) is 5.89 Å². The number of carbonyl (C=O) groups is 1. The van der Waals surface area contributed by atoms with Crippen LogP contribution in [-0.4, -0.2) is 16.0 Å². The van der Waals surface area contributed by atoms with Gasteiger partial charge < -0.3 is 10.3 Å². The molecule has 0 unspecified atom stereocenters. The van der Waals surface area contributed by atoms with Gasteiger partial charge in [-0.25, -0.2) is 0 Å². The van der Waals surface area contributed by atoms with Gasteiger partial charge in [-0.2, -0.15) is 4.98 Å². The number of nitrogens with two attached hydrogens (primary N) is 1. The Hall–Kier alpha value is -1.39. The number of amides is 1. The molecule has 0 aliphatic rings. The third kappa shape index (κ3) is 1.76. The van der Waals surface area contributed by atoms with Crippen LogP contribution in [0.15, 0.2) is 4.52 Å². The second-order valence-electron chi connectivity index (χ2n) is 2.13. The third-order valence-corrected chi connectivity index (χ3v) is 1.15. The van der Waals surface area contributed by atoms with Crippen LogP contribution < -0.4 is 5.73 Å². The Balaban J connectivity index is 2.73. The van der Waals surface area contributed by atoms with E-state index in [4.69, 9.17) is 5.73 Å². The maximum Gasteiger partial charge on any atom is 0.315 e. The Bertz CT molecular complexity index is 256. The van der Waals surface area contributed by atoms with Gasteiger partial charge in [0, 0.05) is 6.42 Å². The standard InChI is InChI=1S/C6H9N3O2/c1-2-3-4-8-6(5(7)10)11-9-4/h2-3H2,1H3,(H2,7,10). The molecule has 0 aliphatic heterocycles. The van der Waals surface area contributed by atoms with E-state index < -0.39 is 5.91 Å². The van der Waals surface area contributed by atoms with Gasteiger partial charge >= 0.3 is 11.8 Å². The van der Waals surface area contributed by atoms with Crippen LogP contribution in [-0.2, 0) is 6.42 Å². The summed E-state index contributed by atoms with van der Waals surface area (Å²) in [6, 6.07) is 0. The van der Waals surface area contributed by atoms with Crippen molar-refractivity contribution in [1.82, 2.24) is 10.1 Å². The van der Waals surface area contributed by atoms with Crippen LogP contribution in [0.5, 0.6) is 0 Å². The molecule has 1 aromatic heterocycles. The van der Waals surface area contributed by atoms with Gasteiger partial charge in [-0.1, -0.05) is 12.1 Å². The van der Waals surface area contributed by atoms with Crippen molar-refractivity contribution in [3.05, 3.63) is 11.7 Å². The summed E-state index contributed by atoms with van der Waals surface area (Å²) >= 11 is 0. The van der Waals surface area contributed by atoms with E-state index in [1.165, 1.54) is 0 Å². The highest BCUT2D eigenvalue weighted by molar-refractivity contribution is 5.87. The molecule has 0 aromatic carbocycles. The molecule has 0 bridgehead atoms. The smallest absolute Gasteiger partial charge is 0.315 e. The van der Waals surface area contributed by atoms with Gasteiger partial charge in [0.1, 0.15) is 0 Å². The van der Waals surface area contributed by atoms with Crippen LogP contribution >= 0.6 is 0 Å². The minimum Gasteiger partial charge on any atom is -0.361 e. The van der Waals surface area contributed by atoms with Crippen molar-refractivity contribution in [2.45, 2.75) is 19.8 Å². The van der Waals surface area contributed by atoms with Crippen molar-refractivity contribution in [1.29, 1.82) is 0 Å². The van der Waals surface area contributed by atoms with E-state index >= 15 is 0 Å². The monoisotopic (exact) mass is 155 g/mol. The van der Waals surface area contributed by atoms with Crippen molar-refractivity contribution in [3.8, 4) is 0 Å². The van der Waals surface area contributed by atoms with Crippen LogP contribution in [0.1, 0.15) is 29.9 Å². The Labute approximate surface area is 63.6 Å². The molecule has 0 spiro atoms. The highest BCUT2D eigenvalue weighted by Gasteiger charge is 2.09. The van der Waals surface area contributed by atoms with E-state index in [0.29, 0.717) is 12.2 Å². The van der Waals surface area contributed by atoms with Gasteiger partial charge in [0.15, 0.2) is 5.82 Å². The first-order valence-electron chi connectivity index (χ1n) is 3.36. The summed E-state index contributed by atoms with van der Waals surface area (Å²) in [5.41, 5.74) is 4.89. The van der Waals surface area contributed by atoms with Crippen molar-refractivity contribution in [3.63, 3.8) is 0 Å². The molecule has 1 aromatic rings. The van der Waals surface area contributed by atoms with Gasteiger partial charge in [-0.3, -0.25) is 4.79 Å². The van der Waals surface area contributed by atoms with Gasteiger partial charge in [0.25, 0.3) is 0 Å². The Kier molecular flexibility index (Phi) is 2.20. The van der Waals surface area contributed by atoms with Crippen LogP contribution in [0.25, 0.3) is 0 Å². The highest BCUT2D eigenvalue weighted by Crippen LogP contribution is 1.98. The summed E-state index contributed by atoms with van der Waals surface area (Å²) in [6.45, 7) is 1.99. The molecule has 0 saturated carbocycles. The second kappa shape index (κ2) is 3.14. The number of aryl methyl sites for hydroxylation is 1. The summed E-state index contributed by atoms with van der Waals surface area (Å²) in [4.78, 5) is 14.2. The summed E-state index contributed by atoms with van der Waals surface area (Å²) in [6.07, 6.45) is 1.62. The van der Waals surface area contributed by atoms with Crippen LogP contribution in [0, 0.1) is 0 Å². The summed E-state index contributed by atoms with van der Waals surface area (Å²) in [7, 11) is 0. The van der Waals surface area contributed by atoms with E-state index in [1.807, 2.05) is 6.92 Å². The zero-order valence-electron chi connectivity index (χ0n) is 6.20. The molecule has 11 heavy (non-hydrogen) atoms. The number of aromatic nitrogens is 2. The molecular weight excluding hydrogens is 146 g/mol. The lowest BCUT2D eigenvalue weighted by molar-refractivity contribution is 0.0958. The summed E-state index contributed by atoms with van der Waals surface area (Å²) < 4.78 is 4.54. The minimum absolute atomic E-state index is 0.117. The van der Waals surface area contributed by atoms with Gasteiger partial charge in [-0.15, -0.1) is 0 Å². The maximum atomic E-state index is 10.4. The van der Waals surface area contributed by atoms with E-state index in [0.717, 1.165) is 6.42 Å². The van der Waals surface area contributed by atoms with Gasteiger partial charge in [0.05, 0.1) is 0 Å². The molecule has 1 rings (SSSR count). The number of hydrogen-bond acceptors (Lipinski definition) is 4. The summed E-state index contributed by atoms with van der Waals surface area (Å²) in [5.74, 6) is -0.269. The van der Waals surface area contributed by atoms with Crippen LogP contribution in [0.2, 0.25) is 0 Å². The van der Waals surface area contributed by atoms with Gasteiger partial charge in [-0.05, 0) is 6.42 Å². The maximum absolute atomic E-state index is 10.4. The van der Waals surface area contributed by atoms with Gasteiger partial charge in [0.2, 0.25) is 0 Å². The van der Waals surface area contributed by atoms with Crippen LogP contribution in [0.3, 0.4) is 0 Å². The molecule has 0 atom stereocenters. The van der Waals surface area contributed by atoms with E-state index in [1.54, 1.807) is 0 Å². The second-order valence-corrected chi connectivity index (χ2v) is 2.13. The molecule has 0 radical (unpaired) electrons. The Morgan fingerprint density at radius 3 is 2.91 bits per heavy atom. The lowest BCUT2D eigenvalue weighted by atomic mass is 10.3. The van der Waals surface area contributed by atoms with Crippen LogP contribution in [0.4, 0.5) is 0 Å². The lowest BCUT2D eigenvalue weighted by Crippen LogP contribution is -2.11. The number of nitrogens with zero attached hydrogens (tertiary/aromatic N) is 2. The first-order chi connectivity index (χ1) is 5.24. The fourth-order valence-corrected chi connectivity index (χ4v) is 0.679. The fourth-order valence-electron chi connectivity index (χ4n) is 0.679. The molecule has 5 heteroatoms. The molecule has 0 saturated heterocycles. The topological polar surface area (TPSA) is 82.0 Å². The largest absolute Gasteiger partial charge is 0.361 e. The molecule has 0 aliphatic carbocycles. The summed E-state index contributed by atoms with van der Waals surface area (Å²) in [5, 5.41) is 3.54. The molecule has 5 nitrogen and oxygen atoms in total. The lowest BCUT2D eigenvalue weighted by Gasteiger charge is -1.82. The Morgan fingerprint density at radius 2 is 2.45 bits per heavy atom. The zero-order chi connectivity index (χ0) is 8.27. The third-order valence-electron chi connectivity index (χ3n) is 1.15. The molecule has 1 heterocycles. The molecule has 0 fully saturated rings. The molecular formula is C6H9N3O2. The highest BCUT2D eigenvalue weighted by atomic mass is 16.5. The predicted octanol–water partition coefficient (Wildman–Crippen LogP) is 0.121. The zero-order valence-corrected chi connectivity index (χ0v) is 6.20. The first kappa shape index (κ1) is 7.71. The molecule has 60 valence electrons. The number of carbonyl (C=O) groups excluding carboxylic acids is 1. The Morgan fingerprint density at radius 1 is 1.73 bits per heavy atom. The molecule has 1 amide bonds. The SMILES string of the molecule is CCCc1noc(C(N)=O)n1. The quantitative estimate of drug-likeness (QED) is 0.672. The van der Waals surface area contributed by atoms with E-state index in [9.17, 15) is 4.79 Å². The normalized spacial score (nSPS) is 9.91. The van der Waals surface area contributed by atoms with Crippen molar-refractivity contribution >= 4 is 5.91 Å². The number of rotatable bonds is 3. The first-order valence-corrected chi connectivity index (χ1v) is 3.36. The molecule has 2 N–H and O–H groups in total.